The third kappa shape index (κ3) is 6.22. The lowest BCUT2D eigenvalue weighted by atomic mass is 9.92. The van der Waals surface area contributed by atoms with Crippen molar-refractivity contribution < 1.29 is 19.1 Å². The first-order chi connectivity index (χ1) is 19.0. The van der Waals surface area contributed by atoms with Gasteiger partial charge in [0.25, 0.3) is 5.91 Å². The van der Waals surface area contributed by atoms with Crippen molar-refractivity contribution in [1.82, 2.24) is 24.8 Å². The minimum Gasteiger partial charge on any atom is -0.444 e. The number of nitriles is 1. The maximum atomic E-state index is 13.9. The minimum absolute atomic E-state index is 0.0422. The van der Waals surface area contributed by atoms with E-state index in [-0.39, 0.29) is 24.3 Å². The molecule has 0 unspecified atom stereocenters. The van der Waals surface area contributed by atoms with Gasteiger partial charge in [-0.05, 0) is 44.7 Å². The molecule has 0 aliphatic carbocycles. The second-order valence-corrected chi connectivity index (χ2v) is 11.1. The van der Waals surface area contributed by atoms with Crippen molar-refractivity contribution in [3.05, 3.63) is 54.5 Å². The van der Waals surface area contributed by atoms with E-state index in [1.807, 2.05) is 24.1 Å². The molecular weight excluding hydrogens is 510 g/mol. The molecule has 0 bridgehead atoms. The quantitative estimate of drug-likeness (QED) is 0.493. The van der Waals surface area contributed by atoms with Crippen LogP contribution in [0.4, 0.5) is 10.6 Å². The van der Waals surface area contributed by atoms with Crippen LogP contribution in [0, 0.1) is 17.2 Å². The third-order valence-corrected chi connectivity index (χ3v) is 7.07. The molecular formula is C29H35N7O4. The van der Waals surface area contributed by atoms with Gasteiger partial charge in [0, 0.05) is 26.3 Å². The number of alkyl carbamates (subject to hydrolysis) is 1. The average Bonchev–Trinajstić information content (AvgIpc) is 3.35. The predicted molar refractivity (Wildman–Crippen MR) is 149 cm³/mol. The van der Waals surface area contributed by atoms with Crippen molar-refractivity contribution in [2.75, 3.05) is 25.0 Å². The van der Waals surface area contributed by atoms with Crippen LogP contribution in [0.5, 0.6) is 0 Å². The summed E-state index contributed by atoms with van der Waals surface area (Å²) in [6, 6.07) is 11.6. The summed E-state index contributed by atoms with van der Waals surface area (Å²) >= 11 is 0. The molecule has 11 nitrogen and oxygen atoms in total. The number of aromatic nitrogens is 3. The highest BCUT2D eigenvalue weighted by molar-refractivity contribution is 5.98. The third-order valence-electron chi connectivity index (χ3n) is 7.07. The zero-order valence-corrected chi connectivity index (χ0v) is 23.5. The van der Waals surface area contributed by atoms with Gasteiger partial charge in [-0.25, -0.2) is 14.8 Å². The molecule has 1 N–H and O–H groups in total. The number of carbonyl (C=O) groups excluding carboxylic acids is 3. The molecule has 210 valence electrons. The number of likely N-dealkylation sites (tertiary alicyclic amines) is 1. The number of rotatable bonds is 6. The Morgan fingerprint density at radius 1 is 1.20 bits per heavy atom. The highest BCUT2D eigenvalue weighted by atomic mass is 16.6. The summed E-state index contributed by atoms with van der Waals surface area (Å²) in [7, 11) is 1.91. The van der Waals surface area contributed by atoms with E-state index < -0.39 is 23.6 Å². The number of hydrogen-bond acceptors (Lipinski definition) is 8. The van der Waals surface area contributed by atoms with Gasteiger partial charge in [-0.3, -0.25) is 14.2 Å². The number of piperidine rings is 1. The standard InChI is InChI=1S/C29H35N7O4/c1-19-12-15-35(23(37)11-14-30)17-22(19)34(5)25-21-13-16-36(26(21)32-18-31-25)27(38)24(20-9-7-6-8-10-20)33-28(39)40-29(2,3)4/h6-10,13,16,18-19,22,24H,11-12,15,17H2,1-5H3,(H,33,39)/t19-,22+,24+/m1/s1. The molecule has 0 spiro atoms. The molecule has 1 aliphatic rings. The van der Waals surface area contributed by atoms with E-state index in [0.29, 0.717) is 35.5 Å². The van der Waals surface area contributed by atoms with Gasteiger partial charge in [-0.1, -0.05) is 37.3 Å². The summed E-state index contributed by atoms with van der Waals surface area (Å²) in [5.74, 6) is 0.310. The Kier molecular flexibility index (Phi) is 8.38. The monoisotopic (exact) mass is 545 g/mol. The van der Waals surface area contributed by atoms with Gasteiger partial charge < -0.3 is 19.9 Å². The van der Waals surface area contributed by atoms with Crippen LogP contribution in [0.2, 0.25) is 0 Å². The van der Waals surface area contributed by atoms with Crippen molar-refractivity contribution in [3.8, 4) is 6.07 Å². The minimum atomic E-state index is -1.01. The fraction of sp³-hybridized carbons (Fsp3) is 0.448. The van der Waals surface area contributed by atoms with E-state index in [0.717, 1.165) is 6.42 Å². The molecule has 1 aromatic carbocycles. The Balaban J connectivity index is 1.65. The van der Waals surface area contributed by atoms with Crippen LogP contribution in [0.25, 0.3) is 11.0 Å². The number of fused-ring (bicyclic) bond motifs is 1. The van der Waals surface area contributed by atoms with Crippen LogP contribution in [0.15, 0.2) is 48.9 Å². The normalized spacial score (nSPS) is 18.1. The molecule has 1 saturated heterocycles. The van der Waals surface area contributed by atoms with Gasteiger partial charge in [0.05, 0.1) is 17.5 Å². The summed E-state index contributed by atoms with van der Waals surface area (Å²) < 4.78 is 6.84. The lowest BCUT2D eigenvalue weighted by Gasteiger charge is -2.42. The van der Waals surface area contributed by atoms with Gasteiger partial charge in [-0.2, -0.15) is 5.26 Å². The van der Waals surface area contributed by atoms with Gasteiger partial charge in [-0.15, -0.1) is 0 Å². The zero-order valence-electron chi connectivity index (χ0n) is 23.5. The van der Waals surface area contributed by atoms with E-state index in [9.17, 15) is 14.4 Å². The Morgan fingerprint density at radius 3 is 2.60 bits per heavy atom. The highest BCUT2D eigenvalue weighted by Gasteiger charge is 2.33. The molecule has 11 heteroatoms. The van der Waals surface area contributed by atoms with Gasteiger partial charge in [0.2, 0.25) is 5.91 Å². The number of likely N-dealkylation sites (N-methyl/N-ethyl adjacent to an activating group) is 1. The first-order valence-corrected chi connectivity index (χ1v) is 13.3. The van der Waals surface area contributed by atoms with Crippen LogP contribution in [0.3, 0.4) is 0 Å². The molecule has 2 aromatic heterocycles. The van der Waals surface area contributed by atoms with Crippen molar-refractivity contribution in [2.24, 2.45) is 5.92 Å². The number of amides is 2. The maximum absolute atomic E-state index is 13.9. The van der Waals surface area contributed by atoms with Gasteiger partial charge in [0.1, 0.15) is 30.2 Å². The Bertz CT molecular complexity index is 1420. The predicted octanol–water partition coefficient (Wildman–Crippen LogP) is 3.92. The molecule has 40 heavy (non-hydrogen) atoms. The van der Waals surface area contributed by atoms with Crippen molar-refractivity contribution in [1.29, 1.82) is 5.26 Å². The number of benzene rings is 1. The first-order valence-electron chi connectivity index (χ1n) is 13.3. The van der Waals surface area contributed by atoms with Crippen LogP contribution in [-0.2, 0) is 9.53 Å². The fourth-order valence-electron chi connectivity index (χ4n) is 5.01. The van der Waals surface area contributed by atoms with Crippen LogP contribution >= 0.6 is 0 Å². The Morgan fingerprint density at radius 2 is 1.93 bits per heavy atom. The lowest BCUT2D eigenvalue weighted by molar-refractivity contribution is -0.131. The summed E-state index contributed by atoms with van der Waals surface area (Å²) in [5.41, 5.74) is 0.270. The van der Waals surface area contributed by atoms with Crippen molar-refractivity contribution in [2.45, 2.75) is 58.2 Å². The van der Waals surface area contributed by atoms with E-state index in [1.54, 1.807) is 62.2 Å². The number of nitrogens with zero attached hydrogens (tertiary/aromatic N) is 6. The van der Waals surface area contributed by atoms with E-state index in [2.05, 4.69) is 22.2 Å². The summed E-state index contributed by atoms with van der Waals surface area (Å²) in [4.78, 5) is 51.7. The summed E-state index contributed by atoms with van der Waals surface area (Å²) in [5, 5.41) is 12.3. The molecule has 3 atom stereocenters. The molecule has 0 radical (unpaired) electrons. The summed E-state index contributed by atoms with van der Waals surface area (Å²) in [6.45, 7) is 8.48. The average molecular weight is 546 g/mol. The second-order valence-electron chi connectivity index (χ2n) is 11.1. The van der Waals surface area contributed by atoms with E-state index in [1.165, 1.54) is 10.9 Å². The van der Waals surface area contributed by atoms with Crippen molar-refractivity contribution in [3.63, 3.8) is 0 Å². The molecule has 0 saturated carbocycles. The summed E-state index contributed by atoms with van der Waals surface area (Å²) in [6.07, 6.45) is 2.98. The number of hydrogen-bond donors (Lipinski definition) is 1. The van der Waals surface area contributed by atoms with E-state index in [4.69, 9.17) is 10.00 Å². The van der Waals surface area contributed by atoms with Crippen LogP contribution in [-0.4, -0.2) is 69.1 Å². The van der Waals surface area contributed by atoms with Crippen LogP contribution in [0.1, 0.15) is 56.9 Å². The molecule has 1 fully saturated rings. The topological polar surface area (TPSA) is 133 Å². The fourth-order valence-corrected chi connectivity index (χ4v) is 5.01. The molecule has 3 heterocycles. The smallest absolute Gasteiger partial charge is 0.408 e. The number of anilines is 1. The zero-order chi connectivity index (χ0) is 29.0. The van der Waals surface area contributed by atoms with Crippen LogP contribution < -0.4 is 10.2 Å². The molecule has 3 aromatic rings. The number of nitrogens with one attached hydrogen (secondary N) is 1. The number of ether oxygens (including phenoxy) is 1. The highest BCUT2D eigenvalue weighted by Crippen LogP contribution is 2.30. The SMILES string of the molecule is C[C@@H]1CCN(C(=O)CC#N)C[C@@H]1N(C)c1ncnc2c1ccn2C(=O)[C@@H](NC(=O)OC(C)(C)C)c1ccccc1. The van der Waals surface area contributed by atoms with E-state index >= 15 is 0 Å². The lowest BCUT2D eigenvalue weighted by Crippen LogP contribution is -2.52. The largest absolute Gasteiger partial charge is 0.444 e. The first kappa shape index (κ1) is 28.5. The molecule has 4 rings (SSSR count). The second kappa shape index (κ2) is 11.7. The molecule has 2 amide bonds. The molecule has 1 aliphatic heterocycles. The maximum Gasteiger partial charge on any atom is 0.408 e. The number of carbonyl (C=O) groups is 3. The van der Waals surface area contributed by atoms with Gasteiger partial charge >= 0.3 is 6.09 Å². The Labute approximate surface area is 233 Å². The van der Waals surface area contributed by atoms with Gasteiger partial charge in [0.15, 0.2) is 5.65 Å². The Hall–Kier alpha value is -4.46. The van der Waals surface area contributed by atoms with Crippen molar-refractivity contribution >= 4 is 34.8 Å².